The third-order valence-electron chi connectivity index (χ3n) is 9.69. The van der Waals surface area contributed by atoms with Crippen molar-refractivity contribution in [2.45, 2.75) is 86.9 Å². The molecule has 7 rings (SSSR count). The molecule has 3 saturated carbocycles. The van der Waals surface area contributed by atoms with Crippen LogP contribution in [-0.2, 0) is 10.2 Å². The van der Waals surface area contributed by atoms with E-state index in [2.05, 4.69) is 9.80 Å². The molecule has 1 aromatic rings. The van der Waals surface area contributed by atoms with Crippen LogP contribution in [0.1, 0.15) is 63.4 Å². The normalized spacial score (nSPS) is 37.7. The zero-order valence-corrected chi connectivity index (χ0v) is 18.0. The maximum absolute atomic E-state index is 13.9. The molecule has 4 unspecified atom stereocenters. The molecule has 6 heteroatoms. The van der Waals surface area contributed by atoms with Crippen LogP contribution in [0.3, 0.4) is 0 Å². The van der Waals surface area contributed by atoms with Gasteiger partial charge in [-0.3, -0.25) is 4.90 Å². The second-order valence-corrected chi connectivity index (χ2v) is 10.9. The highest BCUT2D eigenvalue weighted by Crippen LogP contribution is 2.65. The molecule has 3 aliphatic heterocycles. The van der Waals surface area contributed by atoms with E-state index in [0.717, 1.165) is 62.9 Å². The molecule has 3 heterocycles. The van der Waals surface area contributed by atoms with Crippen LogP contribution in [0.25, 0.3) is 0 Å². The van der Waals surface area contributed by atoms with Gasteiger partial charge in [0.15, 0.2) is 0 Å². The minimum absolute atomic E-state index is 0.0264. The Balaban J connectivity index is 1.03. The fraction of sp³-hybridized carbons (Fsp3) is 0.720. The summed E-state index contributed by atoms with van der Waals surface area (Å²) in [6.45, 7) is 2.74. The number of nitrogens with zero attached hydrogens (tertiary/aromatic N) is 2. The van der Waals surface area contributed by atoms with Crippen molar-refractivity contribution in [3.63, 3.8) is 0 Å². The van der Waals surface area contributed by atoms with Gasteiger partial charge in [0.1, 0.15) is 17.7 Å². The Labute approximate surface area is 182 Å². The quantitative estimate of drug-likeness (QED) is 0.664. The van der Waals surface area contributed by atoms with E-state index >= 15 is 0 Å². The van der Waals surface area contributed by atoms with Crippen molar-refractivity contribution in [2.24, 2.45) is 5.92 Å². The molecule has 1 amide bonds. The number of benzene rings is 1. The first-order chi connectivity index (χ1) is 15.1. The largest absolute Gasteiger partial charge is 0.492 e. The van der Waals surface area contributed by atoms with Crippen LogP contribution < -0.4 is 4.74 Å². The summed E-state index contributed by atoms with van der Waals surface area (Å²) >= 11 is 0. The zero-order chi connectivity index (χ0) is 20.8. The van der Waals surface area contributed by atoms with Gasteiger partial charge in [0.25, 0.3) is 0 Å². The van der Waals surface area contributed by atoms with Gasteiger partial charge in [0, 0.05) is 17.0 Å². The highest BCUT2D eigenvalue weighted by atomic mass is 19.1. The number of likely N-dealkylation sites (tertiary alicyclic amines) is 2. The summed E-state index contributed by atoms with van der Waals surface area (Å²) in [4.78, 5) is 17.6. The van der Waals surface area contributed by atoms with Crippen LogP contribution in [0.2, 0.25) is 0 Å². The van der Waals surface area contributed by atoms with Crippen LogP contribution >= 0.6 is 0 Å². The number of fused-ring (bicyclic) bond motifs is 2. The lowest BCUT2D eigenvalue weighted by molar-refractivity contribution is 0.0351. The number of halogens is 1. The van der Waals surface area contributed by atoms with Crippen LogP contribution in [0.4, 0.5) is 9.18 Å². The first kappa shape index (κ1) is 18.7. The fourth-order valence-corrected chi connectivity index (χ4v) is 7.71. The van der Waals surface area contributed by atoms with E-state index in [4.69, 9.17) is 9.47 Å². The number of hydrogen-bond acceptors (Lipinski definition) is 4. The third kappa shape index (κ3) is 2.54. The summed E-state index contributed by atoms with van der Waals surface area (Å²) in [6.07, 6.45) is 10.2. The van der Waals surface area contributed by atoms with Gasteiger partial charge in [-0.25, -0.2) is 9.18 Å². The minimum Gasteiger partial charge on any atom is -0.492 e. The molecule has 5 nitrogen and oxygen atoms in total. The van der Waals surface area contributed by atoms with E-state index in [1.54, 1.807) is 12.1 Å². The first-order valence-corrected chi connectivity index (χ1v) is 12.3. The summed E-state index contributed by atoms with van der Waals surface area (Å²) in [5.41, 5.74) is 1.13. The molecule has 1 aromatic carbocycles. The standard InChI is InChI=1S/C25H31FN2O3/c26-17-5-6-21-20(13-17)24(15-30-21)8-10-27(11-9-24)18-12-16-4-7-22-25(16,14-18)28(22)23(29)31-19-2-1-3-19/h5-6,13,16,18-19,22H,1-4,7-12,14-15H2. The molecule has 31 heavy (non-hydrogen) atoms. The number of rotatable bonds is 2. The molecular formula is C25H31FN2O3. The van der Waals surface area contributed by atoms with Crippen LogP contribution in [-0.4, -0.2) is 59.3 Å². The van der Waals surface area contributed by atoms with Gasteiger partial charge in [-0.15, -0.1) is 0 Å². The zero-order valence-electron chi connectivity index (χ0n) is 18.0. The Morgan fingerprint density at radius 3 is 2.77 bits per heavy atom. The van der Waals surface area contributed by atoms with Gasteiger partial charge in [-0.05, 0) is 95.0 Å². The van der Waals surface area contributed by atoms with Crippen LogP contribution in [0.15, 0.2) is 18.2 Å². The van der Waals surface area contributed by atoms with Crippen molar-refractivity contribution in [2.75, 3.05) is 19.7 Å². The smallest absolute Gasteiger partial charge is 0.410 e. The van der Waals surface area contributed by atoms with Gasteiger partial charge < -0.3 is 14.4 Å². The Morgan fingerprint density at radius 2 is 2.00 bits per heavy atom. The molecule has 0 radical (unpaired) electrons. The highest BCUT2D eigenvalue weighted by Gasteiger charge is 2.75. The first-order valence-electron chi connectivity index (χ1n) is 12.3. The molecule has 0 bridgehead atoms. The van der Waals surface area contributed by atoms with Crippen molar-refractivity contribution in [1.29, 1.82) is 0 Å². The summed E-state index contributed by atoms with van der Waals surface area (Å²) in [7, 11) is 0. The molecule has 0 aromatic heterocycles. The maximum Gasteiger partial charge on any atom is 0.410 e. The Morgan fingerprint density at radius 1 is 1.16 bits per heavy atom. The predicted octanol–water partition coefficient (Wildman–Crippen LogP) is 4.24. The summed E-state index contributed by atoms with van der Waals surface area (Å²) in [5.74, 6) is 1.34. The molecule has 0 N–H and O–H groups in total. The Hall–Kier alpha value is -1.82. The van der Waals surface area contributed by atoms with Crippen LogP contribution in [0.5, 0.6) is 5.75 Å². The summed E-state index contributed by atoms with van der Waals surface area (Å²) in [5, 5.41) is 0. The average molecular weight is 427 g/mol. The molecular weight excluding hydrogens is 395 g/mol. The van der Waals surface area contributed by atoms with Gasteiger partial charge in [0.05, 0.1) is 18.2 Å². The number of amides is 1. The van der Waals surface area contributed by atoms with Crippen LogP contribution in [0, 0.1) is 11.7 Å². The lowest BCUT2D eigenvalue weighted by Crippen LogP contribution is -2.47. The van der Waals surface area contributed by atoms with E-state index < -0.39 is 0 Å². The second-order valence-electron chi connectivity index (χ2n) is 10.9. The van der Waals surface area contributed by atoms with Crippen molar-refractivity contribution in [3.8, 4) is 5.75 Å². The molecule has 5 fully saturated rings. The van der Waals surface area contributed by atoms with E-state index in [-0.39, 0.29) is 29.0 Å². The molecule has 4 atom stereocenters. The van der Waals surface area contributed by atoms with Crippen molar-refractivity contribution < 1.29 is 18.7 Å². The third-order valence-corrected chi connectivity index (χ3v) is 9.69. The Bertz CT molecular complexity index is 925. The number of piperidine rings is 2. The van der Waals surface area contributed by atoms with E-state index in [0.29, 0.717) is 24.6 Å². The average Bonchev–Trinajstić information content (AvgIpc) is 3.01. The van der Waals surface area contributed by atoms with Crippen molar-refractivity contribution >= 4 is 6.09 Å². The van der Waals surface area contributed by atoms with Gasteiger partial charge in [-0.1, -0.05) is 0 Å². The summed E-state index contributed by atoms with van der Waals surface area (Å²) in [6, 6.07) is 5.95. The van der Waals surface area contributed by atoms with E-state index in [9.17, 15) is 9.18 Å². The topological polar surface area (TPSA) is 41.8 Å². The number of carbonyl (C=O) groups is 1. The Kier molecular flexibility index (Phi) is 3.85. The van der Waals surface area contributed by atoms with E-state index in [1.165, 1.54) is 25.3 Å². The molecule has 6 aliphatic rings. The predicted molar refractivity (Wildman–Crippen MR) is 113 cm³/mol. The lowest BCUT2D eigenvalue weighted by Gasteiger charge is -2.41. The second kappa shape index (κ2) is 6.37. The lowest BCUT2D eigenvalue weighted by atomic mass is 9.74. The fourth-order valence-electron chi connectivity index (χ4n) is 7.71. The van der Waals surface area contributed by atoms with Gasteiger partial charge in [0.2, 0.25) is 0 Å². The van der Waals surface area contributed by atoms with E-state index in [1.807, 2.05) is 0 Å². The molecule has 3 aliphatic carbocycles. The highest BCUT2D eigenvalue weighted by molar-refractivity contribution is 5.75. The molecule has 2 spiro atoms. The molecule has 166 valence electrons. The number of hydrogen-bond donors (Lipinski definition) is 0. The minimum atomic E-state index is -0.164. The van der Waals surface area contributed by atoms with Gasteiger partial charge in [-0.2, -0.15) is 0 Å². The number of carbonyl (C=O) groups excluding carboxylic acids is 1. The van der Waals surface area contributed by atoms with Gasteiger partial charge >= 0.3 is 6.09 Å². The SMILES string of the molecule is O=C(OC1CCC1)N1C2CCC3CC(N4CCC5(CC4)COc4ccc(F)cc45)CC321. The maximum atomic E-state index is 13.9. The summed E-state index contributed by atoms with van der Waals surface area (Å²) < 4.78 is 25.6. The van der Waals surface area contributed by atoms with Crippen molar-refractivity contribution in [3.05, 3.63) is 29.6 Å². The number of ether oxygens (including phenoxy) is 2. The van der Waals surface area contributed by atoms with Crippen molar-refractivity contribution in [1.82, 2.24) is 9.80 Å². The monoisotopic (exact) mass is 426 g/mol. The molecule has 2 saturated heterocycles.